The Morgan fingerprint density at radius 1 is 1.04 bits per heavy atom. The summed E-state index contributed by atoms with van der Waals surface area (Å²) in [5, 5.41) is 10.3. The molecule has 0 unspecified atom stereocenters. The Morgan fingerprint density at radius 3 is 2.46 bits per heavy atom. The molecule has 2 N–H and O–H groups in total. The molecule has 0 radical (unpaired) electrons. The molecule has 3 aromatic rings. The number of hydrogen-bond donors (Lipinski definition) is 2. The first-order valence-corrected chi connectivity index (χ1v) is 9.50. The predicted molar refractivity (Wildman–Crippen MR) is 109 cm³/mol. The Balaban J connectivity index is 1.44. The largest absolute Gasteiger partial charge is 0.339 e. The maximum absolute atomic E-state index is 12.5. The first kappa shape index (κ1) is 18.3. The van der Waals surface area contributed by atoms with E-state index in [1.807, 2.05) is 23.1 Å². The van der Waals surface area contributed by atoms with E-state index in [4.69, 9.17) is 11.6 Å². The highest BCUT2D eigenvalue weighted by Gasteiger charge is 2.19. The van der Waals surface area contributed by atoms with Crippen LogP contribution in [0, 0.1) is 0 Å². The van der Waals surface area contributed by atoms with Crippen LogP contribution in [0.1, 0.15) is 33.7 Å². The minimum Gasteiger partial charge on any atom is -0.339 e. The average Bonchev–Trinajstić information content (AvgIpc) is 3.41. The molecule has 0 spiro atoms. The molecule has 2 aromatic carbocycles. The van der Waals surface area contributed by atoms with Crippen LogP contribution in [0.2, 0.25) is 5.02 Å². The Morgan fingerprint density at radius 2 is 1.75 bits per heavy atom. The predicted octanol–water partition coefficient (Wildman–Crippen LogP) is 4.22. The van der Waals surface area contributed by atoms with Gasteiger partial charge in [0.1, 0.15) is 5.69 Å². The monoisotopic (exact) mass is 394 g/mol. The maximum atomic E-state index is 12.5. The second-order valence-electron chi connectivity index (χ2n) is 6.68. The van der Waals surface area contributed by atoms with Crippen molar-refractivity contribution < 1.29 is 9.59 Å². The third-order valence-corrected chi connectivity index (χ3v) is 5.08. The number of anilines is 1. The van der Waals surface area contributed by atoms with Crippen LogP contribution in [-0.4, -0.2) is 40.0 Å². The second kappa shape index (κ2) is 7.86. The molecule has 0 bridgehead atoms. The van der Waals surface area contributed by atoms with Gasteiger partial charge in [-0.1, -0.05) is 29.8 Å². The SMILES string of the molecule is O=C(Nc1ccc(C(=O)N2CCCC2)cc1)c1cc(-c2ccccc2Cl)n[nH]1. The molecule has 4 rings (SSSR count). The summed E-state index contributed by atoms with van der Waals surface area (Å²) < 4.78 is 0. The number of rotatable bonds is 4. The number of halogens is 1. The number of benzene rings is 2. The molecule has 0 aliphatic carbocycles. The van der Waals surface area contributed by atoms with Gasteiger partial charge in [0.05, 0.1) is 10.7 Å². The summed E-state index contributed by atoms with van der Waals surface area (Å²) in [6, 6.07) is 15.9. The number of H-pyrrole nitrogens is 1. The van der Waals surface area contributed by atoms with Crippen molar-refractivity contribution in [2.24, 2.45) is 0 Å². The highest BCUT2D eigenvalue weighted by molar-refractivity contribution is 6.33. The van der Waals surface area contributed by atoms with Crippen LogP contribution in [0.3, 0.4) is 0 Å². The number of aromatic nitrogens is 2. The van der Waals surface area contributed by atoms with Crippen molar-refractivity contribution in [1.29, 1.82) is 0 Å². The number of amides is 2. The van der Waals surface area contributed by atoms with Gasteiger partial charge in [-0.2, -0.15) is 5.10 Å². The van der Waals surface area contributed by atoms with Gasteiger partial charge in [-0.3, -0.25) is 14.7 Å². The number of hydrogen-bond acceptors (Lipinski definition) is 3. The number of aromatic amines is 1. The molecule has 142 valence electrons. The minimum absolute atomic E-state index is 0.0355. The van der Waals surface area contributed by atoms with E-state index in [0.29, 0.717) is 27.7 Å². The molecule has 1 aromatic heterocycles. The van der Waals surface area contributed by atoms with Crippen LogP contribution >= 0.6 is 11.6 Å². The van der Waals surface area contributed by atoms with E-state index < -0.39 is 0 Å². The summed E-state index contributed by atoms with van der Waals surface area (Å²) in [7, 11) is 0. The molecule has 0 atom stereocenters. The van der Waals surface area contributed by atoms with Crippen LogP contribution in [0.15, 0.2) is 54.6 Å². The molecule has 2 amide bonds. The van der Waals surface area contributed by atoms with Gasteiger partial charge < -0.3 is 10.2 Å². The summed E-state index contributed by atoms with van der Waals surface area (Å²) in [5.41, 5.74) is 2.91. The zero-order valence-corrected chi connectivity index (χ0v) is 15.9. The van der Waals surface area contributed by atoms with Crippen LogP contribution in [-0.2, 0) is 0 Å². The highest BCUT2D eigenvalue weighted by Crippen LogP contribution is 2.26. The lowest BCUT2D eigenvalue weighted by Gasteiger charge is -2.15. The third-order valence-electron chi connectivity index (χ3n) is 4.76. The van der Waals surface area contributed by atoms with Gasteiger partial charge in [0.25, 0.3) is 11.8 Å². The Bertz CT molecular complexity index is 1010. The van der Waals surface area contributed by atoms with Gasteiger partial charge in [0, 0.05) is 29.9 Å². The van der Waals surface area contributed by atoms with E-state index >= 15 is 0 Å². The minimum atomic E-state index is -0.315. The summed E-state index contributed by atoms with van der Waals surface area (Å²) in [5.74, 6) is -0.280. The van der Waals surface area contributed by atoms with Crippen molar-refractivity contribution in [3.63, 3.8) is 0 Å². The number of likely N-dealkylation sites (tertiary alicyclic amines) is 1. The average molecular weight is 395 g/mol. The van der Waals surface area contributed by atoms with Gasteiger partial charge in [0.2, 0.25) is 0 Å². The highest BCUT2D eigenvalue weighted by atomic mass is 35.5. The number of carbonyl (C=O) groups excluding carboxylic acids is 2. The van der Waals surface area contributed by atoms with Gasteiger partial charge >= 0.3 is 0 Å². The van der Waals surface area contributed by atoms with Crippen LogP contribution in [0.25, 0.3) is 11.3 Å². The number of nitrogens with zero attached hydrogens (tertiary/aromatic N) is 2. The van der Waals surface area contributed by atoms with Gasteiger partial charge in [-0.25, -0.2) is 0 Å². The number of carbonyl (C=O) groups is 2. The van der Waals surface area contributed by atoms with Gasteiger partial charge in [-0.15, -0.1) is 0 Å². The molecule has 1 fully saturated rings. The molecule has 1 aliphatic heterocycles. The van der Waals surface area contributed by atoms with E-state index in [1.165, 1.54) is 0 Å². The zero-order valence-electron chi connectivity index (χ0n) is 15.1. The van der Waals surface area contributed by atoms with E-state index in [1.54, 1.807) is 36.4 Å². The molecular weight excluding hydrogens is 376 g/mol. The molecule has 28 heavy (non-hydrogen) atoms. The van der Waals surface area contributed by atoms with Gasteiger partial charge in [-0.05, 0) is 49.2 Å². The summed E-state index contributed by atoms with van der Waals surface area (Å²) in [6.07, 6.45) is 2.11. The topological polar surface area (TPSA) is 78.1 Å². The van der Waals surface area contributed by atoms with Crippen LogP contribution in [0.4, 0.5) is 5.69 Å². The van der Waals surface area contributed by atoms with Gasteiger partial charge in [0.15, 0.2) is 0 Å². The second-order valence-corrected chi connectivity index (χ2v) is 7.08. The molecule has 6 nitrogen and oxygen atoms in total. The fraction of sp³-hybridized carbons (Fsp3) is 0.190. The molecule has 1 saturated heterocycles. The lowest BCUT2D eigenvalue weighted by atomic mass is 10.1. The van der Waals surface area contributed by atoms with E-state index in [-0.39, 0.29) is 11.8 Å². The first-order chi connectivity index (χ1) is 13.6. The van der Waals surface area contributed by atoms with Crippen molar-refractivity contribution in [2.45, 2.75) is 12.8 Å². The lowest BCUT2D eigenvalue weighted by Crippen LogP contribution is -2.27. The first-order valence-electron chi connectivity index (χ1n) is 9.13. The van der Waals surface area contributed by atoms with Crippen molar-refractivity contribution in [3.05, 3.63) is 70.9 Å². The lowest BCUT2D eigenvalue weighted by molar-refractivity contribution is 0.0792. The standard InChI is InChI=1S/C21H19ClN4O2/c22-17-6-2-1-5-16(17)18-13-19(25-24-18)20(27)23-15-9-7-14(8-10-15)21(28)26-11-3-4-12-26/h1-2,5-10,13H,3-4,11-12H2,(H,23,27)(H,24,25). The molecule has 7 heteroatoms. The Hall–Kier alpha value is -3.12. The van der Waals surface area contributed by atoms with Crippen molar-refractivity contribution in [1.82, 2.24) is 15.1 Å². The van der Waals surface area contributed by atoms with Crippen molar-refractivity contribution >= 4 is 29.1 Å². The quantitative estimate of drug-likeness (QED) is 0.695. The summed E-state index contributed by atoms with van der Waals surface area (Å²) >= 11 is 6.18. The fourth-order valence-electron chi connectivity index (χ4n) is 3.24. The van der Waals surface area contributed by atoms with E-state index in [2.05, 4.69) is 15.5 Å². The smallest absolute Gasteiger partial charge is 0.273 e. The van der Waals surface area contributed by atoms with Crippen molar-refractivity contribution in [3.8, 4) is 11.3 Å². The van der Waals surface area contributed by atoms with Crippen LogP contribution < -0.4 is 5.32 Å². The van der Waals surface area contributed by atoms with Crippen LogP contribution in [0.5, 0.6) is 0 Å². The van der Waals surface area contributed by atoms with E-state index in [0.717, 1.165) is 31.5 Å². The normalized spacial score (nSPS) is 13.5. The molecular formula is C21H19ClN4O2. The molecule has 0 saturated carbocycles. The van der Waals surface area contributed by atoms with E-state index in [9.17, 15) is 9.59 Å². The maximum Gasteiger partial charge on any atom is 0.273 e. The fourth-order valence-corrected chi connectivity index (χ4v) is 3.47. The number of nitrogens with one attached hydrogen (secondary N) is 2. The zero-order chi connectivity index (χ0) is 19.5. The summed E-state index contributed by atoms with van der Waals surface area (Å²) in [4.78, 5) is 26.7. The Kier molecular flexibility index (Phi) is 5.12. The molecule has 2 heterocycles. The third kappa shape index (κ3) is 3.77. The molecule has 1 aliphatic rings. The van der Waals surface area contributed by atoms with Crippen molar-refractivity contribution in [2.75, 3.05) is 18.4 Å². The summed E-state index contributed by atoms with van der Waals surface area (Å²) in [6.45, 7) is 1.62. The Labute approximate surface area is 167 Å².